The van der Waals surface area contributed by atoms with Gasteiger partial charge in [0.05, 0.1) is 12.7 Å². The quantitative estimate of drug-likeness (QED) is 0.839. The average molecular weight is 370 g/mol. The number of hydrogen-bond acceptors (Lipinski definition) is 3. The lowest BCUT2D eigenvalue weighted by molar-refractivity contribution is -0.178. The fraction of sp³-hybridized carbons (Fsp3) is 0.591. The summed E-state index contributed by atoms with van der Waals surface area (Å²) in [5, 5.41) is 11.5. The molecule has 0 radical (unpaired) electrons. The zero-order valence-electron chi connectivity index (χ0n) is 16.7. The van der Waals surface area contributed by atoms with E-state index in [0.29, 0.717) is 6.42 Å². The minimum atomic E-state index is -0.518. The molecule has 1 aromatic heterocycles. The van der Waals surface area contributed by atoms with Crippen molar-refractivity contribution in [1.82, 2.24) is 9.88 Å². The smallest absolute Gasteiger partial charge is 0.223 e. The number of aryl methyl sites for hydroxylation is 1. The molecule has 1 aliphatic carbocycles. The Kier molecular flexibility index (Phi) is 4.46. The summed E-state index contributed by atoms with van der Waals surface area (Å²) in [5.74, 6) is 1.19. The van der Waals surface area contributed by atoms with Crippen LogP contribution in [0.2, 0.25) is 0 Å². The summed E-state index contributed by atoms with van der Waals surface area (Å²) >= 11 is 0. The summed E-state index contributed by atoms with van der Waals surface area (Å²) in [7, 11) is 1.70. The number of benzene rings is 1. The number of H-pyrrole nitrogens is 1. The summed E-state index contributed by atoms with van der Waals surface area (Å²) in [5.41, 5.74) is 2.75. The van der Waals surface area contributed by atoms with Crippen LogP contribution in [0.1, 0.15) is 63.0 Å². The number of carbonyl (C=O) groups is 1. The molecule has 5 heteroatoms. The molecule has 2 saturated heterocycles. The Bertz CT molecular complexity index is 866. The van der Waals surface area contributed by atoms with Crippen LogP contribution in [-0.4, -0.2) is 45.7 Å². The van der Waals surface area contributed by atoms with E-state index >= 15 is 0 Å². The van der Waals surface area contributed by atoms with Gasteiger partial charge in [0.25, 0.3) is 0 Å². The molecule has 2 unspecified atom stereocenters. The van der Waals surface area contributed by atoms with Crippen molar-refractivity contribution in [2.24, 2.45) is 0 Å². The number of nitrogens with one attached hydrogen (secondary N) is 1. The van der Waals surface area contributed by atoms with Crippen LogP contribution in [-0.2, 0) is 4.79 Å². The lowest BCUT2D eigenvalue weighted by Gasteiger charge is -2.58. The van der Waals surface area contributed by atoms with Crippen LogP contribution in [0.5, 0.6) is 5.75 Å². The third-order valence-electron chi connectivity index (χ3n) is 6.64. The first-order chi connectivity index (χ1) is 12.9. The standard InChI is InChI=1S/C22H30N2O3/c1-5-15-9-22(26)10-16(11-22)24(15)19(25)8-14(3)17-12-23-18-7-6-13(2)21(27-4)20(17)18/h6-7,12,14-16,23,26H,5,8-11H2,1-4H3. The van der Waals surface area contributed by atoms with Gasteiger partial charge in [-0.15, -0.1) is 0 Å². The summed E-state index contributed by atoms with van der Waals surface area (Å²) in [6, 6.07) is 4.50. The average Bonchev–Trinajstić information content (AvgIpc) is 3.04. The second-order valence-corrected chi connectivity index (χ2v) is 8.54. The number of aliphatic hydroxyl groups is 1. The lowest BCUT2D eigenvalue weighted by Crippen LogP contribution is -2.67. The Morgan fingerprint density at radius 2 is 2.15 bits per heavy atom. The molecule has 1 saturated carbocycles. The van der Waals surface area contributed by atoms with Crippen LogP contribution in [0.15, 0.2) is 18.3 Å². The number of piperidine rings is 2. The van der Waals surface area contributed by atoms with Gasteiger partial charge in [0.2, 0.25) is 5.91 Å². The third kappa shape index (κ3) is 2.92. The Balaban J connectivity index is 1.57. The van der Waals surface area contributed by atoms with E-state index in [-0.39, 0.29) is 23.9 Å². The first-order valence-corrected chi connectivity index (χ1v) is 10.0. The molecule has 5 rings (SSSR count). The Morgan fingerprint density at radius 3 is 2.81 bits per heavy atom. The number of nitrogens with zero attached hydrogens (tertiary/aromatic N) is 1. The van der Waals surface area contributed by atoms with Crippen LogP contribution >= 0.6 is 0 Å². The maximum atomic E-state index is 13.2. The van der Waals surface area contributed by atoms with E-state index in [0.717, 1.165) is 53.5 Å². The molecule has 2 N–H and O–H groups in total. The molecule has 1 amide bonds. The largest absolute Gasteiger partial charge is 0.496 e. The van der Waals surface area contributed by atoms with Crippen molar-refractivity contribution in [2.75, 3.05) is 7.11 Å². The van der Waals surface area contributed by atoms with Gasteiger partial charge in [0, 0.05) is 35.6 Å². The van der Waals surface area contributed by atoms with Crippen molar-refractivity contribution in [3.05, 3.63) is 29.5 Å². The monoisotopic (exact) mass is 370 g/mol. The Labute approximate surface area is 160 Å². The molecule has 2 aliphatic heterocycles. The van der Waals surface area contributed by atoms with Crippen molar-refractivity contribution in [3.8, 4) is 5.75 Å². The fourth-order valence-electron chi connectivity index (χ4n) is 5.21. The fourth-order valence-corrected chi connectivity index (χ4v) is 5.21. The van der Waals surface area contributed by atoms with Crippen molar-refractivity contribution < 1.29 is 14.6 Å². The molecule has 3 fully saturated rings. The molecule has 2 bridgehead atoms. The molecule has 2 atom stereocenters. The SMILES string of the molecule is CCC1CC2(O)CC(C2)N1C(=O)CC(C)c1c[nH]c2ccc(C)c(OC)c12. The molecule has 3 aliphatic rings. The third-order valence-corrected chi connectivity index (χ3v) is 6.64. The normalized spacial score (nSPS) is 28.1. The van der Waals surface area contributed by atoms with Gasteiger partial charge in [-0.25, -0.2) is 0 Å². The maximum Gasteiger partial charge on any atom is 0.223 e. The van der Waals surface area contributed by atoms with Gasteiger partial charge in [-0.2, -0.15) is 0 Å². The highest BCUT2D eigenvalue weighted by molar-refractivity contribution is 5.91. The second-order valence-electron chi connectivity index (χ2n) is 8.54. The number of ether oxygens (including phenoxy) is 1. The van der Waals surface area contributed by atoms with E-state index in [1.54, 1.807) is 7.11 Å². The van der Waals surface area contributed by atoms with Crippen LogP contribution in [0.25, 0.3) is 10.9 Å². The van der Waals surface area contributed by atoms with Crippen LogP contribution in [0.3, 0.4) is 0 Å². The lowest BCUT2D eigenvalue weighted by atomic mass is 9.66. The molecular formula is C22H30N2O3. The zero-order chi connectivity index (χ0) is 19.3. The van der Waals surface area contributed by atoms with Gasteiger partial charge >= 0.3 is 0 Å². The van der Waals surface area contributed by atoms with E-state index in [1.807, 2.05) is 13.1 Å². The predicted molar refractivity (Wildman–Crippen MR) is 106 cm³/mol. The van der Waals surface area contributed by atoms with Crippen molar-refractivity contribution in [3.63, 3.8) is 0 Å². The highest BCUT2D eigenvalue weighted by Crippen LogP contribution is 2.47. The number of rotatable bonds is 5. The van der Waals surface area contributed by atoms with E-state index in [2.05, 4.69) is 35.9 Å². The molecule has 146 valence electrons. The van der Waals surface area contributed by atoms with E-state index < -0.39 is 5.60 Å². The molecule has 5 nitrogen and oxygen atoms in total. The highest BCUT2D eigenvalue weighted by atomic mass is 16.5. The van der Waals surface area contributed by atoms with E-state index in [4.69, 9.17) is 4.74 Å². The number of carbonyl (C=O) groups excluding carboxylic acids is 1. The number of aromatic nitrogens is 1. The van der Waals surface area contributed by atoms with Crippen LogP contribution < -0.4 is 4.74 Å². The maximum absolute atomic E-state index is 13.2. The molecule has 1 aromatic carbocycles. The molecule has 27 heavy (non-hydrogen) atoms. The Hall–Kier alpha value is -2.01. The summed E-state index contributed by atoms with van der Waals surface area (Å²) in [6.45, 7) is 6.27. The van der Waals surface area contributed by atoms with Gasteiger partial charge in [0.1, 0.15) is 5.75 Å². The molecule has 2 aromatic rings. The Morgan fingerprint density at radius 1 is 1.41 bits per heavy atom. The number of amides is 1. The number of aromatic amines is 1. The summed E-state index contributed by atoms with van der Waals surface area (Å²) in [6.07, 6.45) is 5.60. The van der Waals surface area contributed by atoms with Gasteiger partial charge < -0.3 is 19.7 Å². The second kappa shape index (κ2) is 6.55. The van der Waals surface area contributed by atoms with Crippen molar-refractivity contribution >= 4 is 16.8 Å². The van der Waals surface area contributed by atoms with Crippen LogP contribution in [0, 0.1) is 6.92 Å². The van der Waals surface area contributed by atoms with Gasteiger partial charge in [-0.05, 0) is 55.7 Å². The minimum absolute atomic E-state index is 0.0975. The zero-order valence-corrected chi connectivity index (χ0v) is 16.7. The summed E-state index contributed by atoms with van der Waals surface area (Å²) in [4.78, 5) is 18.6. The molecule has 3 heterocycles. The number of hydrogen-bond donors (Lipinski definition) is 2. The highest BCUT2D eigenvalue weighted by Gasteiger charge is 2.54. The number of methoxy groups -OCH3 is 1. The van der Waals surface area contributed by atoms with E-state index in [9.17, 15) is 9.90 Å². The van der Waals surface area contributed by atoms with Gasteiger partial charge in [-0.1, -0.05) is 19.9 Å². The first kappa shape index (κ1) is 18.4. The molecule has 0 spiro atoms. The first-order valence-electron chi connectivity index (χ1n) is 10.0. The van der Waals surface area contributed by atoms with Crippen LogP contribution in [0.4, 0.5) is 0 Å². The molecular weight excluding hydrogens is 340 g/mol. The van der Waals surface area contributed by atoms with Crippen molar-refractivity contribution in [2.45, 2.75) is 76.5 Å². The van der Waals surface area contributed by atoms with Gasteiger partial charge in [-0.3, -0.25) is 4.79 Å². The topological polar surface area (TPSA) is 65.6 Å². The summed E-state index contributed by atoms with van der Waals surface area (Å²) < 4.78 is 5.65. The predicted octanol–water partition coefficient (Wildman–Crippen LogP) is 3.88. The number of fused-ring (bicyclic) bond motifs is 3. The van der Waals surface area contributed by atoms with E-state index in [1.165, 1.54) is 0 Å². The van der Waals surface area contributed by atoms with Crippen molar-refractivity contribution in [1.29, 1.82) is 0 Å². The minimum Gasteiger partial charge on any atom is -0.496 e. The van der Waals surface area contributed by atoms with Gasteiger partial charge in [0.15, 0.2) is 0 Å².